The van der Waals surface area contributed by atoms with Gasteiger partial charge in [-0.05, 0) is 37.6 Å². The van der Waals surface area contributed by atoms with Crippen LogP contribution in [-0.2, 0) is 6.18 Å². The highest BCUT2D eigenvalue weighted by atomic mass is 35.5. The summed E-state index contributed by atoms with van der Waals surface area (Å²) in [6.45, 7) is 3.35. The van der Waals surface area contributed by atoms with Crippen molar-refractivity contribution in [2.24, 2.45) is 5.73 Å². The number of aldehydes is 1. The van der Waals surface area contributed by atoms with Gasteiger partial charge in [0, 0.05) is 26.2 Å². The van der Waals surface area contributed by atoms with Gasteiger partial charge in [0.25, 0.3) is 5.91 Å². The molecule has 0 aliphatic rings. The van der Waals surface area contributed by atoms with Crippen LogP contribution in [0.2, 0.25) is 10.0 Å². The maximum atomic E-state index is 12.5. The Morgan fingerprint density at radius 2 is 1.85 bits per heavy atom. The minimum Gasteiger partial charge on any atom is -0.386 e. The van der Waals surface area contributed by atoms with Gasteiger partial charge in [-0.1, -0.05) is 35.4 Å². The maximum Gasteiger partial charge on any atom is 0.435 e. The standard InChI is InChI=1S/C11H12F3N3O.C10H12Cl2N2O/c1-3-4-7(2)10(15)17-8(6-18)5-9(16-17)11(12,13)14;1-13-9-7(10(15)14(2)3)4-6(11)5-8(9)12/h3-6H,15H2,1-2H3;4-5,13H,1-3H3/b4-3-,10-7+;. The molecule has 0 unspecified atom stereocenters. The average Bonchev–Trinajstić information content (AvgIpc) is 3.17. The quantitative estimate of drug-likeness (QED) is 0.431. The van der Waals surface area contributed by atoms with Crippen molar-refractivity contribution < 1.29 is 22.8 Å². The third-order valence-electron chi connectivity index (χ3n) is 4.14. The molecule has 12 heteroatoms. The van der Waals surface area contributed by atoms with Crippen molar-refractivity contribution in [1.29, 1.82) is 0 Å². The SMILES string of the molecule is C/C=C\C(C)=C(/N)n1nc(C(F)(F)F)cc1C=O.CNc1c(Cl)cc(Cl)cc1C(=O)N(C)C. The first kappa shape index (κ1) is 28.1. The van der Waals surface area contributed by atoms with E-state index in [0.717, 1.165) is 4.68 Å². The Hall–Kier alpha value is -2.98. The first-order valence-corrected chi connectivity index (χ1v) is 10.1. The maximum absolute atomic E-state index is 12.5. The average molecular weight is 506 g/mol. The summed E-state index contributed by atoms with van der Waals surface area (Å²) in [6.07, 6.45) is -1.05. The summed E-state index contributed by atoms with van der Waals surface area (Å²) in [5, 5.41) is 7.08. The summed E-state index contributed by atoms with van der Waals surface area (Å²) in [5.41, 5.74) is 5.84. The topological polar surface area (TPSA) is 93.2 Å². The normalized spacial score (nSPS) is 12.1. The fourth-order valence-corrected chi connectivity index (χ4v) is 3.14. The number of halogens is 5. The molecular formula is C21H24Cl2F3N5O2. The Morgan fingerprint density at radius 3 is 2.30 bits per heavy atom. The molecule has 1 heterocycles. The van der Waals surface area contributed by atoms with Gasteiger partial charge in [-0.15, -0.1) is 0 Å². The third-order valence-corrected chi connectivity index (χ3v) is 4.65. The molecule has 0 aliphatic carbocycles. The zero-order chi connectivity index (χ0) is 25.5. The first-order chi connectivity index (χ1) is 15.3. The summed E-state index contributed by atoms with van der Waals surface area (Å²) in [7, 11) is 5.06. The van der Waals surface area contributed by atoms with Gasteiger partial charge >= 0.3 is 6.18 Å². The van der Waals surface area contributed by atoms with Crippen molar-refractivity contribution in [3.05, 3.63) is 62.9 Å². The predicted molar refractivity (Wildman–Crippen MR) is 125 cm³/mol. The predicted octanol–water partition coefficient (Wildman–Crippen LogP) is 5.17. The lowest BCUT2D eigenvalue weighted by Crippen LogP contribution is -2.22. The van der Waals surface area contributed by atoms with E-state index >= 15 is 0 Å². The highest BCUT2D eigenvalue weighted by molar-refractivity contribution is 6.37. The number of nitrogens with two attached hydrogens (primary N) is 1. The Morgan fingerprint density at radius 1 is 1.24 bits per heavy atom. The molecule has 0 radical (unpaired) electrons. The molecule has 2 rings (SSSR count). The number of anilines is 1. The molecule has 0 saturated heterocycles. The largest absolute Gasteiger partial charge is 0.435 e. The molecule has 1 aromatic carbocycles. The Labute approximate surface area is 199 Å². The second-order valence-corrected chi connectivity index (χ2v) is 7.65. The van der Waals surface area contributed by atoms with Gasteiger partial charge in [-0.3, -0.25) is 9.59 Å². The minimum atomic E-state index is -4.61. The van der Waals surface area contributed by atoms with Crippen LogP contribution in [0.15, 0.2) is 35.9 Å². The van der Waals surface area contributed by atoms with Gasteiger partial charge < -0.3 is 16.0 Å². The smallest absolute Gasteiger partial charge is 0.386 e. The van der Waals surface area contributed by atoms with Gasteiger partial charge in [0.2, 0.25) is 0 Å². The summed E-state index contributed by atoms with van der Waals surface area (Å²) in [5.74, 6) is -0.158. The van der Waals surface area contributed by atoms with E-state index < -0.39 is 11.9 Å². The number of amides is 1. The van der Waals surface area contributed by atoms with Gasteiger partial charge in [-0.2, -0.15) is 18.3 Å². The van der Waals surface area contributed by atoms with Crippen LogP contribution in [-0.4, -0.2) is 48.0 Å². The Kier molecular flexibility index (Phi) is 10.00. The first-order valence-electron chi connectivity index (χ1n) is 9.38. The Bertz CT molecular complexity index is 1080. The van der Waals surface area contributed by atoms with E-state index in [1.165, 1.54) is 4.90 Å². The monoisotopic (exact) mass is 505 g/mol. The number of nitrogens with zero attached hydrogens (tertiary/aromatic N) is 3. The van der Waals surface area contributed by atoms with E-state index in [9.17, 15) is 22.8 Å². The van der Waals surface area contributed by atoms with Crippen LogP contribution in [0.4, 0.5) is 18.9 Å². The summed E-state index contributed by atoms with van der Waals surface area (Å²) < 4.78 is 38.2. The number of carbonyl (C=O) groups excluding carboxylic acids is 2. The van der Waals surface area contributed by atoms with Crippen molar-refractivity contribution in [3.8, 4) is 0 Å². The van der Waals surface area contributed by atoms with E-state index in [4.69, 9.17) is 28.9 Å². The van der Waals surface area contributed by atoms with Crippen LogP contribution in [0.25, 0.3) is 5.82 Å². The van der Waals surface area contributed by atoms with Crippen LogP contribution in [0.3, 0.4) is 0 Å². The number of rotatable bonds is 5. The van der Waals surface area contributed by atoms with Crippen LogP contribution >= 0.6 is 23.2 Å². The van der Waals surface area contributed by atoms with Gasteiger partial charge in [0.1, 0.15) is 11.5 Å². The van der Waals surface area contributed by atoms with E-state index in [2.05, 4.69) is 10.4 Å². The van der Waals surface area contributed by atoms with E-state index in [-0.39, 0.29) is 23.7 Å². The number of carbonyl (C=O) groups is 2. The fourth-order valence-electron chi connectivity index (χ4n) is 2.55. The van der Waals surface area contributed by atoms with Crippen molar-refractivity contribution in [2.75, 3.05) is 26.5 Å². The molecule has 1 amide bonds. The molecule has 3 N–H and O–H groups in total. The zero-order valence-corrected chi connectivity index (χ0v) is 20.1. The lowest BCUT2D eigenvalue weighted by atomic mass is 10.1. The van der Waals surface area contributed by atoms with Gasteiger partial charge in [0.05, 0.1) is 16.3 Å². The lowest BCUT2D eigenvalue weighted by molar-refractivity contribution is -0.141. The summed E-state index contributed by atoms with van der Waals surface area (Å²) >= 11 is 11.8. The number of benzene rings is 1. The number of alkyl halides is 3. The molecule has 1 aromatic heterocycles. The van der Waals surface area contributed by atoms with Crippen molar-refractivity contribution in [1.82, 2.24) is 14.7 Å². The third kappa shape index (κ3) is 7.26. The second kappa shape index (κ2) is 11.8. The van der Waals surface area contributed by atoms with Crippen LogP contribution < -0.4 is 11.1 Å². The summed E-state index contributed by atoms with van der Waals surface area (Å²) in [4.78, 5) is 24.0. The molecule has 7 nitrogen and oxygen atoms in total. The Balaban J connectivity index is 0.000000335. The van der Waals surface area contributed by atoms with Crippen LogP contribution in [0.5, 0.6) is 0 Å². The lowest BCUT2D eigenvalue weighted by Gasteiger charge is -2.15. The number of hydrogen-bond donors (Lipinski definition) is 2. The van der Waals surface area contributed by atoms with E-state index in [1.807, 2.05) is 0 Å². The highest BCUT2D eigenvalue weighted by Crippen LogP contribution is 2.30. The molecule has 0 bridgehead atoms. The van der Waals surface area contributed by atoms with Crippen molar-refractivity contribution in [3.63, 3.8) is 0 Å². The minimum absolute atomic E-state index is 0.0225. The van der Waals surface area contributed by atoms with Crippen LogP contribution in [0, 0.1) is 0 Å². The van der Waals surface area contributed by atoms with Crippen LogP contribution in [0.1, 0.15) is 40.4 Å². The molecule has 0 atom stereocenters. The molecule has 33 heavy (non-hydrogen) atoms. The molecule has 180 valence electrons. The molecular weight excluding hydrogens is 482 g/mol. The number of aromatic nitrogens is 2. The molecule has 0 spiro atoms. The molecule has 0 fully saturated rings. The fraction of sp³-hybridized carbons (Fsp3) is 0.286. The number of nitrogens with one attached hydrogen (secondary N) is 1. The van der Waals surface area contributed by atoms with Crippen molar-refractivity contribution >= 4 is 46.9 Å². The van der Waals surface area contributed by atoms with E-state index in [1.54, 1.807) is 59.3 Å². The number of allylic oxidation sites excluding steroid dienone is 3. The number of hydrogen-bond acceptors (Lipinski definition) is 5. The highest BCUT2D eigenvalue weighted by Gasteiger charge is 2.35. The molecule has 0 aliphatic heterocycles. The van der Waals surface area contributed by atoms with Gasteiger partial charge in [0.15, 0.2) is 12.0 Å². The molecule has 0 saturated carbocycles. The van der Waals surface area contributed by atoms with Gasteiger partial charge in [-0.25, -0.2) is 4.68 Å². The van der Waals surface area contributed by atoms with E-state index in [0.29, 0.717) is 32.9 Å². The summed E-state index contributed by atoms with van der Waals surface area (Å²) in [6, 6.07) is 3.85. The second-order valence-electron chi connectivity index (χ2n) is 6.81. The van der Waals surface area contributed by atoms with Crippen molar-refractivity contribution in [2.45, 2.75) is 20.0 Å². The zero-order valence-electron chi connectivity index (χ0n) is 18.6. The molecule has 2 aromatic rings.